The molecule has 0 radical (unpaired) electrons. The molecule has 2 aromatic rings. The van der Waals surface area contributed by atoms with Gasteiger partial charge in [0.25, 0.3) is 5.91 Å². The number of rotatable bonds is 22. The van der Waals surface area contributed by atoms with Crippen LogP contribution in [0.15, 0.2) is 59.6 Å². The number of ether oxygens (including phenoxy) is 2. The molecular weight excluding hydrogens is 608 g/mol. The van der Waals surface area contributed by atoms with Crippen LogP contribution in [0.25, 0.3) is 0 Å². The van der Waals surface area contributed by atoms with Crippen LogP contribution in [0.4, 0.5) is 5.69 Å². The lowest BCUT2D eigenvalue weighted by Crippen LogP contribution is -2.20. The van der Waals surface area contributed by atoms with Crippen molar-refractivity contribution < 1.29 is 14.3 Å². The number of hydrogen-bond donors (Lipinski definition) is 1. The summed E-state index contributed by atoms with van der Waals surface area (Å²) in [6, 6.07) is 15.5. The highest BCUT2D eigenvalue weighted by atomic mass is 79.9. The SMILES string of the molecule is Br.CCCCCCCCCCCCCCCCOc1ccc(OCC(=O)Nc2cccc(CN3C=C(C)SC3)c2)cc1. The molecule has 5 nitrogen and oxygen atoms in total. The number of carbonyl (C=O) groups is 1. The Morgan fingerprint density at radius 2 is 1.38 bits per heavy atom. The van der Waals surface area contributed by atoms with Gasteiger partial charge in [0, 0.05) is 18.4 Å². The van der Waals surface area contributed by atoms with E-state index in [0.717, 1.165) is 36.9 Å². The summed E-state index contributed by atoms with van der Waals surface area (Å²) >= 11 is 1.85. The van der Waals surface area contributed by atoms with E-state index in [1.54, 1.807) is 0 Å². The maximum Gasteiger partial charge on any atom is 0.262 e. The number of nitrogens with one attached hydrogen (secondary N) is 1. The number of nitrogens with zero attached hydrogens (tertiary/aromatic N) is 1. The number of thioether (sulfide) groups is 1. The highest BCUT2D eigenvalue weighted by Crippen LogP contribution is 2.26. The smallest absolute Gasteiger partial charge is 0.262 e. The van der Waals surface area contributed by atoms with Crippen molar-refractivity contribution in [2.75, 3.05) is 24.4 Å². The zero-order valence-corrected chi connectivity index (χ0v) is 28.4. The minimum atomic E-state index is -0.173. The molecule has 1 aliphatic rings. The van der Waals surface area contributed by atoms with E-state index in [0.29, 0.717) is 5.75 Å². The lowest BCUT2D eigenvalue weighted by molar-refractivity contribution is -0.118. The number of allylic oxidation sites excluding steroid dienone is 1. The molecule has 1 amide bonds. The normalized spacial score (nSPS) is 12.5. The van der Waals surface area contributed by atoms with Crippen molar-refractivity contribution in [2.45, 2.75) is 110 Å². The van der Waals surface area contributed by atoms with Crippen LogP contribution in [0, 0.1) is 0 Å². The van der Waals surface area contributed by atoms with Crippen LogP contribution < -0.4 is 14.8 Å². The zero-order chi connectivity index (χ0) is 29.0. The standard InChI is InChI=1S/C35H52N2O3S.BrH/c1-3-4-5-6-7-8-9-10-11-12-13-14-15-16-24-39-33-20-22-34(23-21-33)40-28-35(38)36-32-19-17-18-31(25-32)27-37-26-30(2)41-29-37;/h17-23,25-26H,3-16,24,27-29H2,1-2H3,(H,36,38);1H. The number of benzene rings is 2. The first-order valence-corrected chi connectivity index (χ1v) is 16.9. The fraction of sp³-hybridized carbons (Fsp3) is 0.571. The fourth-order valence-electron chi connectivity index (χ4n) is 5.05. The van der Waals surface area contributed by atoms with E-state index >= 15 is 0 Å². The Kier molecular flexibility index (Phi) is 19.3. The molecule has 1 N–H and O–H groups in total. The van der Waals surface area contributed by atoms with Gasteiger partial charge in [0.05, 0.1) is 12.5 Å². The highest BCUT2D eigenvalue weighted by Gasteiger charge is 2.11. The van der Waals surface area contributed by atoms with Crippen molar-refractivity contribution in [2.24, 2.45) is 0 Å². The van der Waals surface area contributed by atoms with Crippen LogP contribution in [-0.2, 0) is 11.3 Å². The molecule has 0 aromatic heterocycles. The Bertz CT molecular complexity index is 1030. The van der Waals surface area contributed by atoms with Gasteiger partial charge in [0.1, 0.15) is 11.5 Å². The van der Waals surface area contributed by atoms with Crippen molar-refractivity contribution in [1.82, 2.24) is 4.90 Å². The molecule has 0 unspecified atom stereocenters. The van der Waals surface area contributed by atoms with E-state index in [1.165, 1.54) is 93.9 Å². The van der Waals surface area contributed by atoms with Crippen LogP contribution in [0.2, 0.25) is 0 Å². The molecule has 1 aliphatic heterocycles. The third kappa shape index (κ3) is 15.9. The van der Waals surface area contributed by atoms with E-state index in [1.807, 2.05) is 54.2 Å². The van der Waals surface area contributed by atoms with Gasteiger partial charge in [-0.2, -0.15) is 0 Å². The third-order valence-electron chi connectivity index (χ3n) is 7.38. The van der Waals surface area contributed by atoms with Crippen LogP contribution in [0.5, 0.6) is 11.5 Å². The first-order valence-electron chi connectivity index (χ1n) is 15.9. The summed E-state index contributed by atoms with van der Waals surface area (Å²) in [4.78, 5) is 16.0. The number of anilines is 1. The number of hydrogen-bond acceptors (Lipinski definition) is 5. The van der Waals surface area contributed by atoms with Gasteiger partial charge in [0.2, 0.25) is 0 Å². The van der Waals surface area contributed by atoms with Gasteiger partial charge in [-0.25, -0.2) is 0 Å². The van der Waals surface area contributed by atoms with Gasteiger partial charge < -0.3 is 19.7 Å². The summed E-state index contributed by atoms with van der Waals surface area (Å²) in [6.45, 7) is 5.95. The minimum Gasteiger partial charge on any atom is -0.494 e. The molecule has 7 heteroatoms. The molecule has 0 spiro atoms. The Hall–Kier alpha value is -2.12. The predicted octanol–water partition coefficient (Wildman–Crippen LogP) is 10.5. The fourth-order valence-corrected chi connectivity index (χ4v) is 5.81. The van der Waals surface area contributed by atoms with E-state index < -0.39 is 0 Å². The molecule has 234 valence electrons. The lowest BCUT2D eigenvalue weighted by Gasteiger charge is -2.15. The first kappa shape index (κ1) is 36.1. The Morgan fingerprint density at radius 3 is 1.95 bits per heavy atom. The van der Waals surface area contributed by atoms with Gasteiger partial charge >= 0.3 is 0 Å². The minimum absolute atomic E-state index is 0. The molecule has 0 atom stereocenters. The van der Waals surface area contributed by atoms with Crippen LogP contribution in [0.1, 0.15) is 109 Å². The third-order valence-corrected chi connectivity index (χ3v) is 8.40. The predicted molar refractivity (Wildman–Crippen MR) is 185 cm³/mol. The summed E-state index contributed by atoms with van der Waals surface area (Å²) < 4.78 is 11.6. The maximum absolute atomic E-state index is 12.4. The maximum atomic E-state index is 12.4. The molecule has 42 heavy (non-hydrogen) atoms. The Balaban J connectivity index is 0.00000616. The number of unbranched alkanes of at least 4 members (excludes halogenated alkanes) is 13. The molecule has 0 saturated heterocycles. The molecular formula is C35H53BrN2O3S. The molecule has 3 rings (SSSR count). The largest absolute Gasteiger partial charge is 0.494 e. The molecule has 1 heterocycles. The van der Waals surface area contributed by atoms with Crippen LogP contribution >= 0.6 is 28.7 Å². The summed E-state index contributed by atoms with van der Waals surface area (Å²) in [7, 11) is 0. The topological polar surface area (TPSA) is 50.8 Å². The Labute approximate surface area is 270 Å². The van der Waals surface area contributed by atoms with Gasteiger partial charge in [0.15, 0.2) is 6.61 Å². The van der Waals surface area contributed by atoms with E-state index in [-0.39, 0.29) is 29.5 Å². The summed E-state index contributed by atoms with van der Waals surface area (Å²) in [5, 5.41) is 2.94. The van der Waals surface area contributed by atoms with E-state index in [4.69, 9.17) is 9.47 Å². The second kappa shape index (κ2) is 22.4. The summed E-state index contributed by atoms with van der Waals surface area (Å²) in [5.74, 6) is 2.30. The molecule has 0 bridgehead atoms. The van der Waals surface area contributed by atoms with Crippen LogP contribution in [-0.4, -0.2) is 29.9 Å². The average Bonchev–Trinajstić information content (AvgIpc) is 3.39. The molecule has 0 saturated carbocycles. The summed E-state index contributed by atoms with van der Waals surface area (Å²) in [6.07, 6.45) is 21.2. The van der Waals surface area contributed by atoms with Gasteiger partial charge in [-0.05, 0) is 60.2 Å². The zero-order valence-electron chi connectivity index (χ0n) is 25.9. The number of amides is 1. The summed E-state index contributed by atoms with van der Waals surface area (Å²) in [5.41, 5.74) is 1.95. The van der Waals surface area contributed by atoms with E-state index in [2.05, 4.69) is 36.3 Å². The van der Waals surface area contributed by atoms with Crippen LogP contribution in [0.3, 0.4) is 0 Å². The second-order valence-corrected chi connectivity index (χ2v) is 12.4. The monoisotopic (exact) mass is 660 g/mol. The van der Waals surface area contributed by atoms with Gasteiger partial charge in [-0.15, -0.1) is 28.7 Å². The second-order valence-electron chi connectivity index (χ2n) is 11.2. The number of carbonyl (C=O) groups excluding carboxylic acids is 1. The van der Waals surface area contributed by atoms with Crippen molar-refractivity contribution in [1.29, 1.82) is 0 Å². The average molecular weight is 662 g/mol. The van der Waals surface area contributed by atoms with Gasteiger partial charge in [-0.3, -0.25) is 4.79 Å². The first-order chi connectivity index (χ1) is 20.1. The molecule has 0 fully saturated rings. The van der Waals surface area contributed by atoms with Crippen molar-refractivity contribution in [3.63, 3.8) is 0 Å². The van der Waals surface area contributed by atoms with Crippen molar-refractivity contribution >= 4 is 40.3 Å². The van der Waals surface area contributed by atoms with E-state index in [9.17, 15) is 4.79 Å². The van der Waals surface area contributed by atoms with Gasteiger partial charge in [-0.1, -0.05) is 103 Å². The van der Waals surface area contributed by atoms with Crippen molar-refractivity contribution in [3.05, 3.63) is 65.2 Å². The lowest BCUT2D eigenvalue weighted by atomic mass is 10.0. The van der Waals surface area contributed by atoms with Crippen molar-refractivity contribution in [3.8, 4) is 11.5 Å². The highest BCUT2D eigenvalue weighted by molar-refractivity contribution is 8.93. The molecule has 0 aliphatic carbocycles. The molecule has 2 aromatic carbocycles. The Morgan fingerprint density at radius 1 is 0.810 bits per heavy atom. The number of halogens is 1. The quantitative estimate of drug-likeness (QED) is 0.127.